The molecule has 4 aromatic rings. The van der Waals surface area contributed by atoms with Crippen LogP contribution in [-0.4, -0.2) is 45.1 Å². The van der Waals surface area contributed by atoms with Gasteiger partial charge >= 0.3 is 12.1 Å². The zero-order chi connectivity index (χ0) is 26.0. The molecule has 37 heavy (non-hydrogen) atoms. The minimum atomic E-state index is -1.27. The third-order valence-electron chi connectivity index (χ3n) is 5.63. The largest absolute Gasteiger partial charge is 0.480 e. The lowest BCUT2D eigenvalue weighted by Gasteiger charge is -2.21. The zero-order valence-corrected chi connectivity index (χ0v) is 19.9. The number of carbonyl (C=O) groups is 3. The molecule has 9 heteroatoms. The quantitative estimate of drug-likeness (QED) is 0.306. The molecule has 0 bridgehead atoms. The van der Waals surface area contributed by atoms with Gasteiger partial charge in [0.05, 0.1) is 16.7 Å². The van der Waals surface area contributed by atoms with Crippen molar-refractivity contribution < 1.29 is 24.2 Å². The first-order valence-electron chi connectivity index (χ1n) is 11.7. The van der Waals surface area contributed by atoms with Gasteiger partial charge in [-0.15, -0.1) is 0 Å². The van der Waals surface area contributed by atoms with Crippen molar-refractivity contribution in [3.63, 3.8) is 0 Å². The summed E-state index contributed by atoms with van der Waals surface area (Å²) in [7, 11) is 0. The predicted octanol–water partition coefficient (Wildman–Crippen LogP) is 3.28. The number of ether oxygens (including phenoxy) is 1. The fraction of sp³-hybridized carbons (Fsp3) is 0.179. The Labute approximate surface area is 213 Å². The van der Waals surface area contributed by atoms with Crippen LogP contribution >= 0.6 is 0 Å². The van der Waals surface area contributed by atoms with Crippen molar-refractivity contribution >= 4 is 29.0 Å². The molecule has 0 saturated carbocycles. The highest BCUT2D eigenvalue weighted by molar-refractivity contribution is 5.89. The van der Waals surface area contributed by atoms with Crippen LogP contribution in [0.2, 0.25) is 0 Å². The summed E-state index contributed by atoms with van der Waals surface area (Å²) in [5.74, 6) is -1.88. The molecule has 188 valence electrons. The highest BCUT2D eigenvalue weighted by Crippen LogP contribution is 2.11. The number of carboxylic acid groups (broad SMARTS) is 1. The molecule has 9 nitrogen and oxygen atoms in total. The summed E-state index contributed by atoms with van der Waals surface area (Å²) in [4.78, 5) is 46.5. The third kappa shape index (κ3) is 7.35. The number of benzene rings is 3. The van der Waals surface area contributed by atoms with Crippen molar-refractivity contribution in [3.05, 3.63) is 108 Å². The van der Waals surface area contributed by atoms with Crippen molar-refractivity contribution in [2.24, 2.45) is 0 Å². The monoisotopic (exact) mass is 498 g/mol. The van der Waals surface area contributed by atoms with E-state index in [1.165, 1.54) is 6.20 Å². The van der Waals surface area contributed by atoms with Crippen LogP contribution in [0.4, 0.5) is 4.79 Å². The summed E-state index contributed by atoms with van der Waals surface area (Å²) in [6.45, 7) is 0.0325. The molecule has 1 aromatic heterocycles. The van der Waals surface area contributed by atoms with Crippen LogP contribution in [0.15, 0.2) is 91.1 Å². The number of alkyl carbamates (subject to hydrolysis) is 1. The lowest BCUT2D eigenvalue weighted by Crippen LogP contribution is -2.53. The summed E-state index contributed by atoms with van der Waals surface area (Å²) < 4.78 is 5.27. The van der Waals surface area contributed by atoms with Gasteiger partial charge < -0.3 is 20.5 Å². The van der Waals surface area contributed by atoms with E-state index < -0.39 is 30.1 Å². The van der Waals surface area contributed by atoms with Gasteiger partial charge in [-0.2, -0.15) is 0 Å². The van der Waals surface area contributed by atoms with E-state index >= 15 is 0 Å². The molecule has 3 aromatic carbocycles. The summed E-state index contributed by atoms with van der Waals surface area (Å²) >= 11 is 0. The molecule has 0 unspecified atom stereocenters. The van der Waals surface area contributed by atoms with E-state index in [1.807, 2.05) is 72.8 Å². The van der Waals surface area contributed by atoms with Gasteiger partial charge in [-0.25, -0.2) is 14.6 Å². The number of aromatic nitrogens is 2. The Morgan fingerprint density at radius 3 is 2.05 bits per heavy atom. The molecular weight excluding hydrogens is 472 g/mol. The standard InChI is InChI=1S/C28H26N4O5/c33-26(31-25(27(34)35)16-21-17-29-22-13-7-8-14-23(22)30-21)24(15-19-9-3-1-4-10-19)32-28(36)37-18-20-11-5-2-6-12-20/h1-14,17,24-25H,15-16,18H2,(H,31,33)(H,32,36)(H,34,35)/t24-,25+/m1/s1. The number of nitrogens with zero attached hydrogens (tertiary/aromatic N) is 2. The van der Waals surface area contributed by atoms with Gasteiger partial charge in [0.1, 0.15) is 18.7 Å². The van der Waals surface area contributed by atoms with E-state index in [1.54, 1.807) is 12.1 Å². The summed E-state index contributed by atoms with van der Waals surface area (Å²) in [5.41, 5.74) is 3.31. The van der Waals surface area contributed by atoms with Crippen LogP contribution in [0.5, 0.6) is 0 Å². The molecule has 0 fully saturated rings. The molecule has 0 saturated heterocycles. The number of hydrogen-bond donors (Lipinski definition) is 3. The second-order valence-electron chi connectivity index (χ2n) is 8.40. The van der Waals surface area contributed by atoms with Crippen LogP contribution in [-0.2, 0) is 33.8 Å². The van der Waals surface area contributed by atoms with E-state index in [-0.39, 0.29) is 19.4 Å². The average Bonchev–Trinajstić information content (AvgIpc) is 2.92. The van der Waals surface area contributed by atoms with Crippen LogP contribution in [0, 0.1) is 0 Å². The Hall–Kier alpha value is -4.79. The van der Waals surface area contributed by atoms with Crippen molar-refractivity contribution in [1.82, 2.24) is 20.6 Å². The maximum absolute atomic E-state index is 13.2. The van der Waals surface area contributed by atoms with Gasteiger partial charge in [0.2, 0.25) is 5.91 Å². The topological polar surface area (TPSA) is 131 Å². The minimum Gasteiger partial charge on any atom is -0.480 e. The molecule has 0 aliphatic carbocycles. The van der Waals surface area contributed by atoms with E-state index in [0.717, 1.165) is 11.1 Å². The van der Waals surface area contributed by atoms with Crippen molar-refractivity contribution in [3.8, 4) is 0 Å². The molecule has 2 amide bonds. The fourth-order valence-corrected chi connectivity index (χ4v) is 3.74. The first-order valence-corrected chi connectivity index (χ1v) is 11.7. The molecule has 2 atom stereocenters. The minimum absolute atomic E-state index is 0.0325. The number of rotatable bonds is 10. The number of para-hydroxylation sites is 2. The Morgan fingerprint density at radius 1 is 0.757 bits per heavy atom. The second-order valence-corrected chi connectivity index (χ2v) is 8.40. The molecule has 1 heterocycles. The van der Waals surface area contributed by atoms with Crippen molar-refractivity contribution in [2.45, 2.75) is 31.5 Å². The molecule has 0 spiro atoms. The Balaban J connectivity index is 1.45. The zero-order valence-electron chi connectivity index (χ0n) is 19.9. The van der Waals surface area contributed by atoms with E-state index in [4.69, 9.17) is 4.74 Å². The number of nitrogens with one attached hydrogen (secondary N) is 2. The molecule has 0 aliphatic heterocycles. The normalized spacial score (nSPS) is 12.3. The number of fused-ring (bicyclic) bond motifs is 1. The fourth-order valence-electron chi connectivity index (χ4n) is 3.74. The molecule has 0 aliphatic rings. The van der Waals surface area contributed by atoms with E-state index in [0.29, 0.717) is 16.7 Å². The van der Waals surface area contributed by atoms with Gasteiger partial charge in [0.25, 0.3) is 0 Å². The predicted molar refractivity (Wildman–Crippen MR) is 137 cm³/mol. The van der Waals surface area contributed by atoms with Crippen LogP contribution < -0.4 is 10.6 Å². The number of hydrogen-bond acceptors (Lipinski definition) is 6. The first-order chi connectivity index (χ1) is 18.0. The summed E-state index contributed by atoms with van der Waals surface area (Å²) in [5, 5.41) is 14.9. The van der Waals surface area contributed by atoms with Crippen molar-refractivity contribution in [1.29, 1.82) is 0 Å². The number of aliphatic carboxylic acids is 1. The number of carboxylic acids is 1. The average molecular weight is 499 g/mol. The third-order valence-corrected chi connectivity index (χ3v) is 5.63. The van der Waals surface area contributed by atoms with Gasteiger partial charge in [0.15, 0.2) is 0 Å². The van der Waals surface area contributed by atoms with Crippen LogP contribution in [0.1, 0.15) is 16.8 Å². The highest BCUT2D eigenvalue weighted by Gasteiger charge is 2.28. The maximum atomic E-state index is 13.2. The van der Waals surface area contributed by atoms with Gasteiger partial charge in [0, 0.05) is 19.0 Å². The van der Waals surface area contributed by atoms with Crippen LogP contribution in [0.3, 0.4) is 0 Å². The molecule has 3 N–H and O–H groups in total. The van der Waals surface area contributed by atoms with Crippen LogP contribution in [0.25, 0.3) is 11.0 Å². The van der Waals surface area contributed by atoms with E-state index in [9.17, 15) is 19.5 Å². The summed E-state index contributed by atoms with van der Waals surface area (Å²) in [6.07, 6.45) is 0.780. The van der Waals surface area contributed by atoms with Crippen molar-refractivity contribution in [2.75, 3.05) is 0 Å². The lowest BCUT2D eigenvalue weighted by molar-refractivity contribution is -0.142. The number of carbonyl (C=O) groups excluding carboxylic acids is 2. The first kappa shape index (κ1) is 25.3. The van der Waals surface area contributed by atoms with Gasteiger partial charge in [-0.05, 0) is 23.3 Å². The smallest absolute Gasteiger partial charge is 0.408 e. The molecule has 4 rings (SSSR count). The number of amides is 2. The second kappa shape index (κ2) is 12.3. The molecule has 0 radical (unpaired) electrons. The molecular formula is C28H26N4O5. The SMILES string of the molecule is O=C(N[C@H](Cc1ccccc1)C(=O)N[C@@H](Cc1cnc2ccccc2n1)C(=O)O)OCc1ccccc1. The lowest BCUT2D eigenvalue weighted by atomic mass is 10.0. The highest BCUT2D eigenvalue weighted by atomic mass is 16.5. The summed E-state index contributed by atoms with van der Waals surface area (Å²) in [6, 6.07) is 23.1. The maximum Gasteiger partial charge on any atom is 0.408 e. The Bertz CT molecular complexity index is 1360. The van der Waals surface area contributed by atoms with Gasteiger partial charge in [-0.1, -0.05) is 72.8 Å². The Kier molecular flexibility index (Phi) is 8.38. The Morgan fingerprint density at radius 2 is 1.38 bits per heavy atom. The van der Waals surface area contributed by atoms with E-state index in [2.05, 4.69) is 20.6 Å². The van der Waals surface area contributed by atoms with Gasteiger partial charge in [-0.3, -0.25) is 9.78 Å².